The third-order valence-corrected chi connectivity index (χ3v) is 6.14. The number of amides is 4. The summed E-state index contributed by atoms with van der Waals surface area (Å²) < 4.78 is 6.76. The summed E-state index contributed by atoms with van der Waals surface area (Å²) in [5, 5.41) is 17.2. The molecule has 0 unspecified atom stereocenters. The first-order valence-electron chi connectivity index (χ1n) is 10.7. The van der Waals surface area contributed by atoms with E-state index in [-0.39, 0.29) is 18.1 Å². The van der Waals surface area contributed by atoms with Crippen LogP contribution in [0.25, 0.3) is 21.9 Å². The van der Waals surface area contributed by atoms with Crippen LogP contribution in [0.5, 0.6) is 11.6 Å². The SMILES string of the molecule is COc1ccc2cn(C[C@@]3(c4ccc(-c5ccnc(C(N)=O)c5)cc4)NC(=O)NC3=O)c(O)c2c1. The Morgan fingerprint density at radius 3 is 2.54 bits per heavy atom. The fraction of sp³-hybridized carbons (Fsp3) is 0.120. The molecule has 3 heterocycles. The second-order valence-electron chi connectivity index (χ2n) is 8.22. The quantitative estimate of drug-likeness (QED) is 0.317. The maximum atomic E-state index is 13.0. The molecule has 2 aromatic carbocycles. The van der Waals surface area contributed by atoms with Gasteiger partial charge in [0.1, 0.15) is 11.4 Å². The molecule has 0 aliphatic carbocycles. The predicted molar refractivity (Wildman–Crippen MR) is 127 cm³/mol. The number of benzene rings is 2. The molecule has 4 aromatic rings. The summed E-state index contributed by atoms with van der Waals surface area (Å²) in [7, 11) is 1.53. The number of aromatic hydroxyl groups is 1. The third kappa shape index (κ3) is 3.70. The zero-order chi connectivity index (χ0) is 24.7. The maximum absolute atomic E-state index is 13.0. The van der Waals surface area contributed by atoms with Crippen molar-refractivity contribution in [3.8, 4) is 22.8 Å². The van der Waals surface area contributed by atoms with Crippen molar-refractivity contribution < 1.29 is 24.2 Å². The topological polar surface area (TPSA) is 149 Å². The highest BCUT2D eigenvalue weighted by Crippen LogP contribution is 2.35. The van der Waals surface area contributed by atoms with Crippen LogP contribution >= 0.6 is 0 Å². The Hall–Kier alpha value is -4.86. The van der Waals surface area contributed by atoms with E-state index in [1.807, 2.05) is 0 Å². The Balaban J connectivity index is 1.54. The van der Waals surface area contributed by atoms with Crippen LogP contribution < -0.4 is 21.1 Å². The highest BCUT2D eigenvalue weighted by atomic mass is 16.5. The Bertz CT molecular complexity index is 1490. The van der Waals surface area contributed by atoms with Gasteiger partial charge in [0.15, 0.2) is 11.4 Å². The molecular formula is C25H21N5O5. The molecule has 0 bridgehead atoms. The fourth-order valence-electron chi connectivity index (χ4n) is 4.32. The Morgan fingerprint density at radius 1 is 1.11 bits per heavy atom. The number of methoxy groups -OCH3 is 1. The standard InChI is InChI=1S/C25H21N5O5/c1-35-18-7-4-16-12-30(22(32)19(16)11-18)13-25(23(33)28-24(34)29-25)17-5-2-14(3-6-17)15-8-9-27-20(10-15)21(26)31/h2-12,32H,13H2,1H3,(H2,26,31)(H2,28,29,33,34)/t25-/m0/s1. The number of carbonyl (C=O) groups excluding carboxylic acids is 3. The Morgan fingerprint density at radius 2 is 1.89 bits per heavy atom. The fourth-order valence-corrected chi connectivity index (χ4v) is 4.32. The van der Waals surface area contributed by atoms with Crippen LogP contribution in [0.1, 0.15) is 16.1 Å². The van der Waals surface area contributed by atoms with Crippen molar-refractivity contribution in [2.45, 2.75) is 12.1 Å². The van der Waals surface area contributed by atoms with Crippen LogP contribution in [0.3, 0.4) is 0 Å². The molecule has 10 heteroatoms. The van der Waals surface area contributed by atoms with E-state index >= 15 is 0 Å². The third-order valence-electron chi connectivity index (χ3n) is 6.14. The Kier molecular flexibility index (Phi) is 5.13. The minimum atomic E-state index is -1.46. The molecule has 1 atom stereocenters. The van der Waals surface area contributed by atoms with Gasteiger partial charge in [-0.2, -0.15) is 0 Å². The molecule has 1 saturated heterocycles. The minimum absolute atomic E-state index is 0.0478. The van der Waals surface area contributed by atoms with Crippen molar-refractivity contribution in [3.63, 3.8) is 0 Å². The molecule has 176 valence electrons. The van der Waals surface area contributed by atoms with Crippen molar-refractivity contribution >= 4 is 28.6 Å². The molecule has 1 aliphatic heterocycles. The maximum Gasteiger partial charge on any atom is 0.322 e. The van der Waals surface area contributed by atoms with Crippen LogP contribution in [0.2, 0.25) is 0 Å². The lowest BCUT2D eigenvalue weighted by Gasteiger charge is -2.27. The number of hydrogen-bond donors (Lipinski definition) is 4. The van der Waals surface area contributed by atoms with Gasteiger partial charge < -0.3 is 25.5 Å². The molecule has 10 nitrogen and oxygen atoms in total. The Labute approximate surface area is 199 Å². The van der Waals surface area contributed by atoms with Crippen LogP contribution in [-0.4, -0.2) is 39.6 Å². The molecule has 0 radical (unpaired) electrons. The first-order chi connectivity index (χ1) is 16.8. The van der Waals surface area contributed by atoms with E-state index in [2.05, 4.69) is 15.6 Å². The number of nitrogens with zero attached hydrogens (tertiary/aromatic N) is 2. The molecule has 1 aliphatic rings. The van der Waals surface area contributed by atoms with Crippen molar-refractivity contribution in [2.75, 3.05) is 7.11 Å². The smallest absolute Gasteiger partial charge is 0.322 e. The van der Waals surface area contributed by atoms with Gasteiger partial charge in [0.2, 0.25) is 0 Å². The monoisotopic (exact) mass is 471 g/mol. The van der Waals surface area contributed by atoms with Crippen molar-refractivity contribution in [1.82, 2.24) is 20.2 Å². The van der Waals surface area contributed by atoms with E-state index in [9.17, 15) is 19.5 Å². The zero-order valence-corrected chi connectivity index (χ0v) is 18.6. The van der Waals surface area contributed by atoms with Crippen molar-refractivity contribution in [1.29, 1.82) is 0 Å². The number of carbonyl (C=O) groups is 3. The average molecular weight is 471 g/mol. The van der Waals surface area contributed by atoms with E-state index in [0.717, 1.165) is 16.5 Å². The number of pyridine rings is 1. The van der Waals surface area contributed by atoms with E-state index < -0.39 is 23.4 Å². The van der Waals surface area contributed by atoms with E-state index in [0.29, 0.717) is 16.7 Å². The summed E-state index contributed by atoms with van der Waals surface area (Å²) in [5.74, 6) is -0.646. The molecule has 0 spiro atoms. The van der Waals surface area contributed by atoms with Gasteiger partial charge in [-0.3, -0.25) is 19.9 Å². The van der Waals surface area contributed by atoms with Crippen molar-refractivity contribution in [3.05, 3.63) is 78.2 Å². The number of fused-ring (bicyclic) bond motifs is 1. The summed E-state index contributed by atoms with van der Waals surface area (Å²) in [6.45, 7) is -0.0478. The van der Waals surface area contributed by atoms with Crippen LogP contribution in [0, 0.1) is 0 Å². The molecule has 0 saturated carbocycles. The van der Waals surface area contributed by atoms with Gasteiger partial charge in [-0.15, -0.1) is 0 Å². The summed E-state index contributed by atoms with van der Waals surface area (Å²) in [6.07, 6.45) is 3.20. The van der Waals surface area contributed by atoms with E-state index in [1.54, 1.807) is 60.8 Å². The predicted octanol–water partition coefficient (Wildman–Crippen LogP) is 2.25. The number of nitrogens with two attached hydrogens (primary N) is 1. The summed E-state index contributed by atoms with van der Waals surface area (Å²) in [4.78, 5) is 40.6. The lowest BCUT2D eigenvalue weighted by molar-refractivity contribution is -0.124. The normalized spacial score (nSPS) is 17.3. The summed E-state index contributed by atoms with van der Waals surface area (Å²) in [5.41, 5.74) is 6.01. The van der Waals surface area contributed by atoms with Gasteiger partial charge in [0.05, 0.1) is 13.7 Å². The summed E-state index contributed by atoms with van der Waals surface area (Å²) in [6, 6.07) is 14.9. The largest absolute Gasteiger partial charge is 0.497 e. The first-order valence-corrected chi connectivity index (χ1v) is 10.7. The number of hydrogen-bond acceptors (Lipinski definition) is 6. The van der Waals surface area contributed by atoms with Crippen molar-refractivity contribution in [2.24, 2.45) is 5.73 Å². The van der Waals surface area contributed by atoms with Gasteiger partial charge in [0.25, 0.3) is 11.8 Å². The highest BCUT2D eigenvalue weighted by molar-refractivity contribution is 6.07. The number of rotatable bonds is 6. The van der Waals surface area contributed by atoms with Gasteiger partial charge in [-0.05, 0) is 47.0 Å². The molecule has 5 rings (SSSR count). The number of imide groups is 1. The highest BCUT2D eigenvalue weighted by Gasteiger charge is 2.48. The van der Waals surface area contributed by atoms with E-state index in [4.69, 9.17) is 10.5 Å². The lowest BCUT2D eigenvalue weighted by atomic mass is 9.88. The number of aromatic nitrogens is 2. The first kappa shape index (κ1) is 22.0. The summed E-state index contributed by atoms with van der Waals surface area (Å²) >= 11 is 0. The molecule has 4 amide bonds. The molecule has 1 fully saturated rings. The number of urea groups is 1. The second-order valence-corrected chi connectivity index (χ2v) is 8.22. The molecular weight excluding hydrogens is 450 g/mol. The minimum Gasteiger partial charge on any atom is -0.497 e. The van der Waals surface area contributed by atoms with Crippen LogP contribution in [-0.2, 0) is 16.9 Å². The number of primary amides is 1. The van der Waals surface area contributed by atoms with Gasteiger partial charge in [-0.1, -0.05) is 24.3 Å². The van der Waals surface area contributed by atoms with E-state index in [1.165, 1.54) is 17.9 Å². The lowest BCUT2D eigenvalue weighted by Crippen LogP contribution is -2.47. The molecule has 2 aromatic heterocycles. The van der Waals surface area contributed by atoms with Crippen LogP contribution in [0.15, 0.2) is 67.0 Å². The van der Waals surface area contributed by atoms with Gasteiger partial charge >= 0.3 is 6.03 Å². The van der Waals surface area contributed by atoms with Gasteiger partial charge in [0, 0.05) is 23.2 Å². The number of nitrogens with one attached hydrogen (secondary N) is 2. The second kappa shape index (κ2) is 8.17. The van der Waals surface area contributed by atoms with Gasteiger partial charge in [-0.25, -0.2) is 4.79 Å². The average Bonchev–Trinajstić information content (AvgIpc) is 3.33. The number of ether oxygens (including phenoxy) is 1. The molecule has 5 N–H and O–H groups in total. The van der Waals surface area contributed by atoms with Crippen LogP contribution in [0.4, 0.5) is 4.79 Å². The zero-order valence-electron chi connectivity index (χ0n) is 18.6. The molecule has 35 heavy (non-hydrogen) atoms.